The minimum absolute atomic E-state index is 0.522. The van der Waals surface area contributed by atoms with Gasteiger partial charge < -0.3 is 10.4 Å². The Labute approximate surface area is 102 Å². The zero-order valence-corrected chi connectivity index (χ0v) is 11.4. The van der Waals surface area contributed by atoms with E-state index in [0.717, 1.165) is 24.1 Å². The molecule has 1 fully saturated rings. The number of rotatable bonds is 6. The summed E-state index contributed by atoms with van der Waals surface area (Å²) in [6, 6.07) is 0.744. The third kappa shape index (κ3) is 7.50. The second kappa shape index (κ2) is 7.05. The Morgan fingerprint density at radius 1 is 1.40 bits per heavy atom. The van der Waals surface area contributed by atoms with Crippen LogP contribution in [-0.2, 0) is 0 Å². The molecular formula is C11H23NOS2. The standard InChI is InChI=1S/C11H23NOS2/c1-11(2,13)9-15-8-5-12-10-3-6-14-7-4-10/h10,12-13H,3-9H2,1-2H3. The summed E-state index contributed by atoms with van der Waals surface area (Å²) in [4.78, 5) is 0. The van der Waals surface area contributed by atoms with Crippen LogP contribution in [0.15, 0.2) is 0 Å². The predicted molar refractivity (Wildman–Crippen MR) is 72.0 cm³/mol. The van der Waals surface area contributed by atoms with E-state index in [1.807, 2.05) is 25.6 Å². The number of aliphatic hydroxyl groups is 1. The lowest BCUT2D eigenvalue weighted by Crippen LogP contribution is -2.34. The molecule has 0 aromatic carbocycles. The average molecular weight is 249 g/mol. The number of hydrogen-bond acceptors (Lipinski definition) is 4. The molecular weight excluding hydrogens is 226 g/mol. The van der Waals surface area contributed by atoms with E-state index < -0.39 is 5.60 Å². The van der Waals surface area contributed by atoms with Crippen molar-refractivity contribution in [3.8, 4) is 0 Å². The maximum Gasteiger partial charge on any atom is 0.0681 e. The van der Waals surface area contributed by atoms with Gasteiger partial charge >= 0.3 is 0 Å². The lowest BCUT2D eigenvalue weighted by atomic mass is 10.1. The van der Waals surface area contributed by atoms with Crippen LogP contribution in [0.3, 0.4) is 0 Å². The molecule has 1 aliphatic heterocycles. The molecule has 0 amide bonds. The molecule has 2 N–H and O–H groups in total. The van der Waals surface area contributed by atoms with Crippen molar-refractivity contribution in [3.05, 3.63) is 0 Å². The molecule has 0 aromatic rings. The van der Waals surface area contributed by atoms with E-state index >= 15 is 0 Å². The van der Waals surface area contributed by atoms with Crippen molar-refractivity contribution in [2.24, 2.45) is 0 Å². The number of thioether (sulfide) groups is 2. The van der Waals surface area contributed by atoms with Gasteiger partial charge in [-0.25, -0.2) is 0 Å². The van der Waals surface area contributed by atoms with Crippen LogP contribution in [0.25, 0.3) is 0 Å². The zero-order chi connectivity index (χ0) is 11.1. The first-order valence-electron chi connectivity index (χ1n) is 5.69. The monoisotopic (exact) mass is 249 g/mol. The van der Waals surface area contributed by atoms with Crippen LogP contribution in [0.1, 0.15) is 26.7 Å². The molecule has 0 saturated carbocycles. The van der Waals surface area contributed by atoms with Gasteiger partial charge in [-0.3, -0.25) is 0 Å². The highest BCUT2D eigenvalue weighted by atomic mass is 32.2. The van der Waals surface area contributed by atoms with E-state index in [0.29, 0.717) is 0 Å². The van der Waals surface area contributed by atoms with Gasteiger partial charge in [-0.2, -0.15) is 23.5 Å². The third-order valence-electron chi connectivity index (χ3n) is 2.36. The second-order valence-electron chi connectivity index (χ2n) is 4.71. The van der Waals surface area contributed by atoms with Gasteiger partial charge in [0.2, 0.25) is 0 Å². The summed E-state index contributed by atoms with van der Waals surface area (Å²) in [6.45, 7) is 4.81. The topological polar surface area (TPSA) is 32.3 Å². The van der Waals surface area contributed by atoms with Gasteiger partial charge in [0.05, 0.1) is 5.60 Å². The summed E-state index contributed by atoms with van der Waals surface area (Å²) in [5.41, 5.74) is -0.522. The van der Waals surface area contributed by atoms with Crippen LogP contribution < -0.4 is 5.32 Å². The molecule has 1 heterocycles. The smallest absolute Gasteiger partial charge is 0.0681 e. The lowest BCUT2D eigenvalue weighted by Gasteiger charge is -2.23. The Morgan fingerprint density at radius 2 is 2.07 bits per heavy atom. The maximum atomic E-state index is 9.52. The van der Waals surface area contributed by atoms with E-state index in [1.54, 1.807) is 0 Å². The normalized spacial score (nSPS) is 19.4. The van der Waals surface area contributed by atoms with Gasteiger partial charge in [0.15, 0.2) is 0 Å². The van der Waals surface area contributed by atoms with Crippen molar-refractivity contribution in [1.82, 2.24) is 5.32 Å². The summed E-state index contributed by atoms with van der Waals surface area (Å²) in [7, 11) is 0. The molecule has 2 nitrogen and oxygen atoms in total. The van der Waals surface area contributed by atoms with Gasteiger partial charge in [-0.05, 0) is 38.2 Å². The summed E-state index contributed by atoms with van der Waals surface area (Å²) in [5, 5.41) is 13.1. The van der Waals surface area contributed by atoms with Crippen LogP contribution in [0.4, 0.5) is 0 Å². The first-order valence-corrected chi connectivity index (χ1v) is 8.00. The highest BCUT2D eigenvalue weighted by molar-refractivity contribution is 7.99. The Morgan fingerprint density at radius 3 is 2.67 bits per heavy atom. The Kier molecular flexibility index (Phi) is 6.43. The first kappa shape index (κ1) is 13.7. The van der Waals surface area contributed by atoms with Crippen LogP contribution >= 0.6 is 23.5 Å². The fourth-order valence-electron chi connectivity index (χ4n) is 1.56. The quantitative estimate of drug-likeness (QED) is 0.705. The second-order valence-corrected chi connectivity index (χ2v) is 7.04. The van der Waals surface area contributed by atoms with Crippen LogP contribution in [0, 0.1) is 0 Å². The Hall–Kier alpha value is 0.620. The molecule has 0 bridgehead atoms. The summed E-state index contributed by atoms with van der Waals surface area (Å²) in [6.07, 6.45) is 2.64. The van der Waals surface area contributed by atoms with Crippen LogP contribution in [0.2, 0.25) is 0 Å². The molecule has 0 unspecified atom stereocenters. The molecule has 0 aliphatic carbocycles. The van der Waals surface area contributed by atoms with E-state index in [9.17, 15) is 5.11 Å². The SMILES string of the molecule is CC(C)(O)CSCCNC1CCSCC1. The van der Waals surface area contributed by atoms with Gasteiger partial charge in [-0.1, -0.05) is 0 Å². The predicted octanol–water partition coefficient (Wildman–Crippen LogP) is 1.98. The highest BCUT2D eigenvalue weighted by Gasteiger charge is 2.13. The molecule has 1 saturated heterocycles. The van der Waals surface area contributed by atoms with Crippen molar-refractivity contribution < 1.29 is 5.11 Å². The molecule has 4 heteroatoms. The summed E-state index contributed by atoms with van der Waals surface area (Å²) >= 11 is 3.90. The van der Waals surface area contributed by atoms with Gasteiger partial charge in [0.1, 0.15) is 0 Å². The van der Waals surface area contributed by atoms with Crippen molar-refractivity contribution in [3.63, 3.8) is 0 Å². The molecule has 90 valence electrons. The third-order valence-corrected chi connectivity index (χ3v) is 4.81. The molecule has 0 radical (unpaired) electrons. The molecule has 0 atom stereocenters. The highest BCUT2D eigenvalue weighted by Crippen LogP contribution is 2.17. The van der Waals surface area contributed by atoms with Crippen LogP contribution in [-0.4, -0.2) is 46.3 Å². The largest absolute Gasteiger partial charge is 0.390 e. The minimum Gasteiger partial charge on any atom is -0.390 e. The first-order chi connectivity index (χ1) is 7.08. The molecule has 1 aliphatic rings. The van der Waals surface area contributed by atoms with Crippen molar-refractivity contribution in [1.29, 1.82) is 0 Å². The van der Waals surface area contributed by atoms with E-state index in [2.05, 4.69) is 17.1 Å². The fourth-order valence-corrected chi connectivity index (χ4v) is 3.57. The summed E-state index contributed by atoms with van der Waals surface area (Å²) in [5.74, 6) is 4.56. The van der Waals surface area contributed by atoms with Gasteiger partial charge in [0.25, 0.3) is 0 Å². The van der Waals surface area contributed by atoms with Crippen molar-refractivity contribution in [2.75, 3.05) is 29.6 Å². The van der Waals surface area contributed by atoms with Crippen molar-refractivity contribution >= 4 is 23.5 Å². The minimum atomic E-state index is -0.522. The van der Waals surface area contributed by atoms with E-state index in [4.69, 9.17) is 0 Å². The molecule has 1 rings (SSSR count). The molecule has 0 aromatic heterocycles. The number of nitrogens with one attached hydrogen (secondary N) is 1. The molecule has 15 heavy (non-hydrogen) atoms. The van der Waals surface area contributed by atoms with E-state index in [1.165, 1.54) is 24.3 Å². The number of hydrogen-bond donors (Lipinski definition) is 2. The fraction of sp³-hybridized carbons (Fsp3) is 1.00. The van der Waals surface area contributed by atoms with Gasteiger partial charge in [-0.15, -0.1) is 0 Å². The Bertz CT molecular complexity index is 164. The Balaban J connectivity index is 1.92. The van der Waals surface area contributed by atoms with Crippen molar-refractivity contribution in [2.45, 2.75) is 38.3 Å². The molecule has 0 spiro atoms. The summed E-state index contributed by atoms with van der Waals surface area (Å²) < 4.78 is 0. The maximum absolute atomic E-state index is 9.52. The van der Waals surface area contributed by atoms with Crippen LogP contribution in [0.5, 0.6) is 0 Å². The van der Waals surface area contributed by atoms with E-state index in [-0.39, 0.29) is 0 Å². The average Bonchev–Trinajstić information content (AvgIpc) is 2.17. The lowest BCUT2D eigenvalue weighted by molar-refractivity contribution is 0.107. The van der Waals surface area contributed by atoms with Gasteiger partial charge in [0, 0.05) is 24.1 Å². The zero-order valence-electron chi connectivity index (χ0n) is 9.79.